The van der Waals surface area contributed by atoms with E-state index >= 15 is 0 Å². The van der Waals surface area contributed by atoms with Gasteiger partial charge in [-0.25, -0.2) is 0 Å². The van der Waals surface area contributed by atoms with Gasteiger partial charge in [-0.15, -0.1) is 0 Å². The first-order valence-corrected chi connectivity index (χ1v) is 9.25. The van der Waals surface area contributed by atoms with Crippen LogP contribution in [-0.4, -0.2) is 71.2 Å². The number of rotatable bonds is 13. The Morgan fingerprint density at radius 3 is 2.04 bits per heavy atom. The first-order valence-electron chi connectivity index (χ1n) is 9.25. The van der Waals surface area contributed by atoms with Crippen molar-refractivity contribution in [3.8, 4) is 0 Å². The zero-order valence-corrected chi connectivity index (χ0v) is 16.6. The number of unbranched alkanes of at least 4 members (excludes halogenated alkanes) is 1. The molecule has 0 spiro atoms. The Labute approximate surface area is 164 Å². The van der Waals surface area contributed by atoms with Crippen molar-refractivity contribution in [1.82, 2.24) is 16.0 Å². The topological polar surface area (TPSA) is 197 Å². The monoisotopic (exact) mass is 403 g/mol. The molecule has 0 saturated heterocycles. The summed E-state index contributed by atoms with van der Waals surface area (Å²) in [5.74, 6) is -3.44. The highest BCUT2D eigenvalue weighted by atomic mass is 16.4. The number of hydrogen-bond acceptors (Lipinski definition) is 7. The van der Waals surface area contributed by atoms with Gasteiger partial charge in [0.1, 0.15) is 18.6 Å². The lowest BCUT2D eigenvalue weighted by atomic mass is 10.0. The number of aliphatic hydroxyl groups is 1. The lowest BCUT2D eigenvalue weighted by Crippen LogP contribution is -2.59. The van der Waals surface area contributed by atoms with Crippen LogP contribution in [0, 0.1) is 5.92 Å². The number of aliphatic hydroxyl groups excluding tert-OH is 1. The average molecular weight is 403 g/mol. The summed E-state index contributed by atoms with van der Waals surface area (Å²) in [7, 11) is 0. The van der Waals surface area contributed by atoms with Crippen LogP contribution in [0.1, 0.15) is 40.0 Å². The largest absolute Gasteiger partial charge is 0.480 e. The number of hydrogen-bond donors (Lipinski definition) is 7. The number of carboxylic acids is 1. The third kappa shape index (κ3) is 9.62. The van der Waals surface area contributed by atoms with Crippen molar-refractivity contribution in [1.29, 1.82) is 0 Å². The summed E-state index contributed by atoms with van der Waals surface area (Å²) in [6, 6.07) is -3.16. The van der Waals surface area contributed by atoms with Gasteiger partial charge in [0.25, 0.3) is 0 Å². The minimum Gasteiger partial charge on any atom is -0.480 e. The summed E-state index contributed by atoms with van der Waals surface area (Å²) in [6.07, 6.45) is 0.171. The van der Waals surface area contributed by atoms with Crippen LogP contribution in [0.5, 0.6) is 0 Å². The number of amides is 3. The Hall–Kier alpha value is -2.24. The molecule has 0 bridgehead atoms. The van der Waals surface area contributed by atoms with E-state index < -0.39 is 54.5 Å². The molecular weight excluding hydrogens is 370 g/mol. The molecule has 11 heteroatoms. The molecule has 28 heavy (non-hydrogen) atoms. The maximum atomic E-state index is 12.6. The molecule has 3 amide bonds. The molecule has 0 aliphatic rings. The van der Waals surface area contributed by atoms with E-state index in [1.54, 1.807) is 13.8 Å². The molecule has 4 unspecified atom stereocenters. The fraction of sp³-hybridized carbons (Fsp3) is 0.765. The van der Waals surface area contributed by atoms with Crippen LogP contribution in [0.2, 0.25) is 0 Å². The van der Waals surface area contributed by atoms with E-state index in [1.165, 1.54) is 6.92 Å². The van der Waals surface area contributed by atoms with E-state index in [1.807, 2.05) is 0 Å². The predicted octanol–water partition coefficient (Wildman–Crippen LogP) is -2.35. The van der Waals surface area contributed by atoms with Crippen LogP contribution in [0.15, 0.2) is 0 Å². The minimum absolute atomic E-state index is 0.139. The van der Waals surface area contributed by atoms with E-state index in [4.69, 9.17) is 16.6 Å². The van der Waals surface area contributed by atoms with Gasteiger partial charge in [0, 0.05) is 0 Å². The molecule has 0 aromatic heterocycles. The fourth-order valence-electron chi connectivity index (χ4n) is 2.26. The third-order valence-corrected chi connectivity index (χ3v) is 4.08. The van der Waals surface area contributed by atoms with Crippen molar-refractivity contribution >= 4 is 23.7 Å². The molecule has 0 aromatic rings. The lowest BCUT2D eigenvalue weighted by Gasteiger charge is -2.26. The van der Waals surface area contributed by atoms with Crippen LogP contribution >= 0.6 is 0 Å². The average Bonchev–Trinajstić information content (AvgIpc) is 2.61. The molecule has 0 saturated carbocycles. The summed E-state index contributed by atoms with van der Waals surface area (Å²) < 4.78 is 0. The Bertz CT molecular complexity index is 540. The van der Waals surface area contributed by atoms with Gasteiger partial charge in [0.15, 0.2) is 0 Å². The van der Waals surface area contributed by atoms with Gasteiger partial charge in [0.05, 0.1) is 12.1 Å². The van der Waals surface area contributed by atoms with Crippen LogP contribution in [0.25, 0.3) is 0 Å². The molecule has 11 nitrogen and oxygen atoms in total. The lowest BCUT2D eigenvalue weighted by molar-refractivity contribution is -0.139. The molecule has 0 radical (unpaired) electrons. The zero-order valence-electron chi connectivity index (χ0n) is 16.6. The Morgan fingerprint density at radius 2 is 1.57 bits per heavy atom. The second-order valence-electron chi connectivity index (χ2n) is 6.95. The Balaban J connectivity index is 5.17. The SMILES string of the molecule is CC(C)C(N)C(=O)NC(CCCCN)C(=O)NC(C(=O)NCC(=O)O)C(C)O. The maximum Gasteiger partial charge on any atom is 0.322 e. The van der Waals surface area contributed by atoms with E-state index in [9.17, 15) is 24.3 Å². The van der Waals surface area contributed by atoms with Crippen LogP contribution in [0.4, 0.5) is 0 Å². The number of carbonyl (C=O) groups excluding carboxylic acids is 3. The van der Waals surface area contributed by atoms with Gasteiger partial charge in [-0.1, -0.05) is 13.8 Å². The maximum absolute atomic E-state index is 12.6. The molecule has 0 aromatic carbocycles. The van der Waals surface area contributed by atoms with Crippen molar-refractivity contribution in [2.45, 2.75) is 64.3 Å². The molecule has 0 aliphatic heterocycles. The molecule has 0 heterocycles. The minimum atomic E-state index is -1.38. The summed E-state index contributed by atoms with van der Waals surface area (Å²) in [6.45, 7) is 4.58. The van der Waals surface area contributed by atoms with E-state index in [0.29, 0.717) is 19.4 Å². The van der Waals surface area contributed by atoms with Crippen molar-refractivity contribution in [2.24, 2.45) is 17.4 Å². The number of nitrogens with two attached hydrogens (primary N) is 2. The standard InChI is InChI=1S/C17H33N5O6/c1-9(2)13(19)16(27)21-11(6-4-5-7-18)15(26)22-14(10(3)23)17(28)20-8-12(24)25/h9-11,13-14,23H,4-8,18-19H2,1-3H3,(H,20,28)(H,21,27)(H,22,26)(H,24,25). The molecule has 0 rings (SSSR count). The second kappa shape index (κ2) is 13.0. The molecule has 9 N–H and O–H groups in total. The van der Waals surface area contributed by atoms with Crippen LogP contribution < -0.4 is 27.4 Å². The summed E-state index contributed by atoms with van der Waals surface area (Å²) in [5.41, 5.74) is 11.3. The second-order valence-corrected chi connectivity index (χ2v) is 6.95. The highest BCUT2D eigenvalue weighted by molar-refractivity contribution is 5.93. The van der Waals surface area contributed by atoms with E-state index in [2.05, 4.69) is 16.0 Å². The van der Waals surface area contributed by atoms with E-state index in [-0.39, 0.29) is 12.3 Å². The highest BCUT2D eigenvalue weighted by Crippen LogP contribution is 2.05. The van der Waals surface area contributed by atoms with Crippen molar-refractivity contribution in [3.63, 3.8) is 0 Å². The van der Waals surface area contributed by atoms with Crippen LogP contribution in [-0.2, 0) is 19.2 Å². The smallest absolute Gasteiger partial charge is 0.322 e. The number of carboxylic acid groups (broad SMARTS) is 1. The van der Waals surface area contributed by atoms with Crippen molar-refractivity contribution in [3.05, 3.63) is 0 Å². The quantitative estimate of drug-likeness (QED) is 0.166. The molecule has 0 fully saturated rings. The van der Waals surface area contributed by atoms with Gasteiger partial charge in [0.2, 0.25) is 17.7 Å². The van der Waals surface area contributed by atoms with Crippen molar-refractivity contribution in [2.75, 3.05) is 13.1 Å². The van der Waals surface area contributed by atoms with Gasteiger partial charge < -0.3 is 37.6 Å². The number of aliphatic carboxylic acids is 1. The molecule has 4 atom stereocenters. The Morgan fingerprint density at radius 1 is 0.964 bits per heavy atom. The first kappa shape index (κ1) is 25.8. The third-order valence-electron chi connectivity index (χ3n) is 4.08. The van der Waals surface area contributed by atoms with Gasteiger partial charge in [-0.05, 0) is 38.6 Å². The van der Waals surface area contributed by atoms with Gasteiger partial charge in [-0.2, -0.15) is 0 Å². The Kier molecular flexibility index (Phi) is 12.0. The summed E-state index contributed by atoms with van der Waals surface area (Å²) >= 11 is 0. The summed E-state index contributed by atoms with van der Waals surface area (Å²) in [4.78, 5) is 47.5. The first-order chi connectivity index (χ1) is 13.0. The van der Waals surface area contributed by atoms with Crippen molar-refractivity contribution < 1.29 is 29.4 Å². The fourth-order valence-corrected chi connectivity index (χ4v) is 2.26. The highest BCUT2D eigenvalue weighted by Gasteiger charge is 2.30. The van der Waals surface area contributed by atoms with Gasteiger partial charge >= 0.3 is 5.97 Å². The molecule has 162 valence electrons. The summed E-state index contributed by atoms with van der Waals surface area (Å²) in [5, 5.41) is 25.4. The van der Waals surface area contributed by atoms with Gasteiger partial charge in [-0.3, -0.25) is 19.2 Å². The number of carbonyl (C=O) groups is 4. The van der Waals surface area contributed by atoms with Crippen LogP contribution in [0.3, 0.4) is 0 Å². The zero-order chi connectivity index (χ0) is 21.9. The van der Waals surface area contributed by atoms with E-state index in [0.717, 1.165) is 0 Å². The normalized spacial score (nSPS) is 15.2. The predicted molar refractivity (Wildman–Crippen MR) is 102 cm³/mol. The number of nitrogens with one attached hydrogen (secondary N) is 3. The molecule has 0 aliphatic carbocycles. The molecular formula is C17H33N5O6.